The lowest BCUT2D eigenvalue weighted by Crippen LogP contribution is -2.56. The van der Waals surface area contributed by atoms with Crippen molar-refractivity contribution in [1.29, 1.82) is 5.26 Å². The Kier molecular flexibility index (Phi) is 4.83. The summed E-state index contributed by atoms with van der Waals surface area (Å²) in [6.45, 7) is 1.41. The van der Waals surface area contributed by atoms with Gasteiger partial charge in [0.05, 0.1) is 5.56 Å². The van der Waals surface area contributed by atoms with Gasteiger partial charge in [0.2, 0.25) is 5.91 Å². The summed E-state index contributed by atoms with van der Waals surface area (Å²) in [5.41, 5.74) is 0.0498. The Balaban J connectivity index is 1.23. The summed E-state index contributed by atoms with van der Waals surface area (Å²) in [6.07, 6.45) is 9.92. The number of carbonyl (C=O) groups is 1. The van der Waals surface area contributed by atoms with Crippen molar-refractivity contribution >= 4 is 11.7 Å². The fourth-order valence-corrected chi connectivity index (χ4v) is 4.84. The largest absolute Gasteiger partial charge is 0.357 e. The maximum Gasteiger partial charge on any atom is 0.248 e. The van der Waals surface area contributed by atoms with Crippen molar-refractivity contribution in [2.75, 3.05) is 24.6 Å². The first-order chi connectivity index (χ1) is 14.7. The molecule has 8 nitrogen and oxygen atoms in total. The van der Waals surface area contributed by atoms with Crippen molar-refractivity contribution in [3.05, 3.63) is 48.2 Å². The Morgan fingerprint density at radius 1 is 1.17 bits per heavy atom. The number of rotatable bonds is 5. The molecule has 4 heterocycles. The lowest BCUT2D eigenvalue weighted by molar-refractivity contribution is -0.156. The predicted molar refractivity (Wildman–Crippen MR) is 108 cm³/mol. The van der Waals surface area contributed by atoms with Crippen molar-refractivity contribution in [2.24, 2.45) is 0 Å². The van der Waals surface area contributed by atoms with Crippen LogP contribution in [-0.4, -0.2) is 57.5 Å². The second-order valence-corrected chi connectivity index (χ2v) is 8.32. The molecule has 2 unspecified atom stereocenters. The molecule has 2 aromatic rings. The van der Waals surface area contributed by atoms with Crippen LogP contribution < -0.4 is 4.90 Å². The highest BCUT2D eigenvalue weighted by molar-refractivity contribution is 5.78. The van der Waals surface area contributed by atoms with Crippen molar-refractivity contribution in [3.8, 4) is 6.07 Å². The third kappa shape index (κ3) is 3.29. The van der Waals surface area contributed by atoms with Gasteiger partial charge in [-0.25, -0.2) is 15.0 Å². The van der Waals surface area contributed by atoms with Gasteiger partial charge in [-0.05, 0) is 50.3 Å². The van der Waals surface area contributed by atoms with E-state index >= 15 is 0 Å². The van der Waals surface area contributed by atoms with E-state index in [1.54, 1.807) is 30.7 Å². The highest BCUT2D eigenvalue weighted by Crippen LogP contribution is 2.43. The second-order valence-electron chi connectivity index (χ2n) is 8.32. The number of nitriles is 1. The standard InChI is InChI=1S/C22H24N6O2/c23-11-16-3-6-19(26-12-16)28-17-4-5-18(28)14-27(13-17)20(29)15-30-22(7-1-8-22)21-24-9-2-10-25-21/h2-3,6,9-10,12,17-18H,1,4-5,7-8,13-15H2. The molecule has 1 aliphatic carbocycles. The molecule has 2 aliphatic heterocycles. The van der Waals surface area contributed by atoms with Crippen LogP contribution in [0.4, 0.5) is 5.82 Å². The van der Waals surface area contributed by atoms with Crippen LogP contribution in [0.25, 0.3) is 0 Å². The molecule has 2 atom stereocenters. The molecule has 8 heteroatoms. The van der Waals surface area contributed by atoms with Gasteiger partial charge in [0.25, 0.3) is 0 Å². The second kappa shape index (κ2) is 7.65. The highest BCUT2D eigenvalue weighted by atomic mass is 16.5. The molecule has 0 spiro atoms. The van der Waals surface area contributed by atoms with Crippen LogP contribution in [0.2, 0.25) is 0 Å². The van der Waals surface area contributed by atoms with E-state index in [0.717, 1.165) is 37.9 Å². The molecule has 2 bridgehead atoms. The molecular formula is C22H24N6O2. The summed E-state index contributed by atoms with van der Waals surface area (Å²) in [5.74, 6) is 1.60. The number of ether oxygens (including phenoxy) is 1. The third-order valence-electron chi connectivity index (χ3n) is 6.58. The maximum absolute atomic E-state index is 13.0. The van der Waals surface area contributed by atoms with Crippen LogP contribution in [0.1, 0.15) is 43.5 Å². The molecule has 2 aromatic heterocycles. The molecule has 3 aliphatic rings. The number of amides is 1. The third-order valence-corrected chi connectivity index (χ3v) is 6.58. The lowest BCUT2D eigenvalue weighted by Gasteiger charge is -2.43. The Morgan fingerprint density at radius 3 is 2.47 bits per heavy atom. The number of hydrogen-bond acceptors (Lipinski definition) is 7. The van der Waals surface area contributed by atoms with E-state index in [2.05, 4.69) is 25.9 Å². The molecule has 30 heavy (non-hydrogen) atoms. The van der Waals surface area contributed by atoms with Gasteiger partial charge in [0.15, 0.2) is 5.82 Å². The highest BCUT2D eigenvalue weighted by Gasteiger charge is 2.45. The first kappa shape index (κ1) is 18.9. The number of hydrogen-bond donors (Lipinski definition) is 0. The van der Waals surface area contributed by atoms with Gasteiger partial charge in [-0.2, -0.15) is 5.26 Å². The summed E-state index contributed by atoms with van der Waals surface area (Å²) < 4.78 is 6.12. The van der Waals surface area contributed by atoms with Gasteiger partial charge in [-0.1, -0.05) is 0 Å². The number of likely N-dealkylation sites (tertiary alicyclic amines) is 1. The van der Waals surface area contributed by atoms with E-state index in [1.807, 2.05) is 11.0 Å². The van der Waals surface area contributed by atoms with Crippen LogP contribution in [0.3, 0.4) is 0 Å². The summed E-state index contributed by atoms with van der Waals surface area (Å²) in [6, 6.07) is 8.11. The molecule has 1 saturated carbocycles. The number of nitrogens with zero attached hydrogens (tertiary/aromatic N) is 6. The van der Waals surface area contributed by atoms with Crippen molar-refractivity contribution < 1.29 is 9.53 Å². The van der Waals surface area contributed by atoms with Gasteiger partial charge in [-0.3, -0.25) is 4.79 Å². The number of fused-ring (bicyclic) bond motifs is 2. The molecule has 0 aromatic carbocycles. The SMILES string of the molecule is N#Cc1ccc(N2C3CCC2CN(C(=O)COC2(c4ncccn4)CCC2)C3)nc1. The number of anilines is 1. The minimum atomic E-state index is -0.510. The molecular weight excluding hydrogens is 380 g/mol. The predicted octanol–water partition coefficient (Wildman–Crippen LogP) is 2.02. The minimum Gasteiger partial charge on any atom is -0.357 e. The van der Waals surface area contributed by atoms with E-state index < -0.39 is 5.60 Å². The van der Waals surface area contributed by atoms with E-state index in [9.17, 15) is 4.79 Å². The number of piperazine rings is 1. The average molecular weight is 404 g/mol. The summed E-state index contributed by atoms with van der Waals surface area (Å²) >= 11 is 0. The van der Waals surface area contributed by atoms with Crippen molar-refractivity contribution in [3.63, 3.8) is 0 Å². The van der Waals surface area contributed by atoms with Crippen LogP contribution >= 0.6 is 0 Å². The van der Waals surface area contributed by atoms with Gasteiger partial charge in [-0.15, -0.1) is 0 Å². The van der Waals surface area contributed by atoms with Gasteiger partial charge >= 0.3 is 0 Å². The quantitative estimate of drug-likeness (QED) is 0.752. The Labute approximate surface area is 175 Å². The zero-order chi connectivity index (χ0) is 20.6. The summed E-state index contributed by atoms with van der Waals surface area (Å²) in [5, 5.41) is 8.99. The van der Waals surface area contributed by atoms with Crippen LogP contribution in [0.5, 0.6) is 0 Å². The fraction of sp³-hybridized carbons (Fsp3) is 0.500. The van der Waals surface area contributed by atoms with E-state index in [-0.39, 0.29) is 24.6 Å². The van der Waals surface area contributed by atoms with E-state index in [4.69, 9.17) is 10.00 Å². The number of aromatic nitrogens is 3. The fourth-order valence-electron chi connectivity index (χ4n) is 4.84. The van der Waals surface area contributed by atoms with Crippen molar-refractivity contribution in [2.45, 2.75) is 49.8 Å². The van der Waals surface area contributed by atoms with Gasteiger partial charge in [0.1, 0.15) is 24.1 Å². The number of carbonyl (C=O) groups excluding carboxylic acids is 1. The number of pyridine rings is 1. The Bertz CT molecular complexity index is 940. The molecule has 3 fully saturated rings. The normalized spacial score (nSPS) is 24.2. The first-order valence-electron chi connectivity index (χ1n) is 10.5. The monoisotopic (exact) mass is 404 g/mol. The van der Waals surface area contributed by atoms with Gasteiger partial charge in [0, 0.05) is 43.8 Å². The molecule has 5 rings (SSSR count). The van der Waals surface area contributed by atoms with E-state index in [1.165, 1.54) is 0 Å². The minimum absolute atomic E-state index is 0.0292. The first-order valence-corrected chi connectivity index (χ1v) is 10.5. The zero-order valence-corrected chi connectivity index (χ0v) is 16.8. The zero-order valence-electron chi connectivity index (χ0n) is 16.8. The van der Waals surface area contributed by atoms with Crippen LogP contribution in [0, 0.1) is 11.3 Å². The Morgan fingerprint density at radius 2 is 1.90 bits per heavy atom. The molecule has 0 N–H and O–H groups in total. The Hall–Kier alpha value is -3.05. The maximum atomic E-state index is 13.0. The topological polar surface area (TPSA) is 95.2 Å². The molecule has 154 valence electrons. The van der Waals surface area contributed by atoms with Crippen molar-refractivity contribution in [1.82, 2.24) is 19.9 Å². The smallest absolute Gasteiger partial charge is 0.248 e. The lowest BCUT2D eigenvalue weighted by atomic mass is 9.79. The summed E-state index contributed by atoms with van der Waals surface area (Å²) in [4.78, 5) is 30.4. The van der Waals surface area contributed by atoms with Crippen LogP contribution in [-0.2, 0) is 15.1 Å². The molecule has 0 radical (unpaired) electrons. The van der Waals surface area contributed by atoms with Crippen LogP contribution in [0.15, 0.2) is 36.8 Å². The van der Waals surface area contributed by atoms with Gasteiger partial charge < -0.3 is 14.5 Å². The molecule has 1 amide bonds. The average Bonchev–Trinajstić information content (AvgIpc) is 3.02. The summed E-state index contributed by atoms with van der Waals surface area (Å²) in [7, 11) is 0. The molecule has 2 saturated heterocycles. The van der Waals surface area contributed by atoms with E-state index in [0.29, 0.717) is 24.5 Å².